The van der Waals surface area contributed by atoms with Gasteiger partial charge in [-0.1, -0.05) is 0 Å². The third-order valence-electron chi connectivity index (χ3n) is 2.09. The fourth-order valence-corrected chi connectivity index (χ4v) is 1.41. The maximum atomic E-state index is 9.10. The molecule has 0 saturated carbocycles. The summed E-state index contributed by atoms with van der Waals surface area (Å²) in [6.07, 6.45) is 1.62. The van der Waals surface area contributed by atoms with Crippen LogP contribution in [0, 0.1) is 13.8 Å². The van der Waals surface area contributed by atoms with Crippen molar-refractivity contribution in [3.8, 4) is 0 Å². The molecule has 1 rings (SSSR count). The van der Waals surface area contributed by atoms with Gasteiger partial charge < -0.3 is 10.1 Å². The van der Waals surface area contributed by atoms with Crippen LogP contribution in [-0.4, -0.2) is 16.2 Å². The van der Waals surface area contributed by atoms with Crippen LogP contribution in [0.1, 0.15) is 30.3 Å². The second kappa shape index (κ2) is 3.76. The number of hydrogen-bond acceptors (Lipinski definition) is 1. The monoisotopic (exact) mass is 167 g/mol. The number of hydrogen-bond donors (Lipinski definition) is 2. The van der Waals surface area contributed by atoms with Crippen molar-refractivity contribution >= 4 is 0 Å². The Labute approximate surface area is 73.6 Å². The highest BCUT2D eigenvalue weighted by atomic mass is 16.3. The Morgan fingerprint density at radius 1 is 1.50 bits per heavy atom. The minimum atomic E-state index is -0.195. The third-order valence-corrected chi connectivity index (χ3v) is 2.09. The highest BCUT2D eigenvalue weighted by Gasteiger charge is 2.03. The van der Waals surface area contributed by atoms with Crippen molar-refractivity contribution in [1.82, 2.24) is 4.98 Å². The first-order chi connectivity index (χ1) is 5.59. The second-order valence-electron chi connectivity index (χ2n) is 3.49. The Hall–Kier alpha value is -0.760. The summed E-state index contributed by atoms with van der Waals surface area (Å²) >= 11 is 0. The van der Waals surface area contributed by atoms with Crippen molar-refractivity contribution in [2.75, 3.05) is 0 Å². The minimum Gasteiger partial charge on any atom is -0.393 e. The molecule has 68 valence electrons. The van der Waals surface area contributed by atoms with Gasteiger partial charge in [0.2, 0.25) is 0 Å². The first kappa shape index (κ1) is 9.33. The fraction of sp³-hybridized carbons (Fsp3) is 0.600. The maximum absolute atomic E-state index is 9.10. The van der Waals surface area contributed by atoms with E-state index in [1.165, 1.54) is 17.0 Å². The van der Waals surface area contributed by atoms with Crippen LogP contribution in [0.2, 0.25) is 0 Å². The molecule has 1 aromatic heterocycles. The molecular weight excluding hydrogens is 150 g/mol. The Morgan fingerprint density at radius 2 is 2.17 bits per heavy atom. The standard InChI is InChI=1S/C10H17NO/c1-7-6-10(9(3)11-7)5-4-8(2)12/h6,8,11-12H,4-5H2,1-3H3/t8-/m0/s1. The predicted molar refractivity (Wildman–Crippen MR) is 50.3 cm³/mol. The molecule has 0 bridgehead atoms. The van der Waals surface area contributed by atoms with E-state index in [1.54, 1.807) is 0 Å². The molecule has 0 amide bonds. The quantitative estimate of drug-likeness (QED) is 0.709. The Morgan fingerprint density at radius 3 is 2.58 bits per heavy atom. The molecule has 1 aromatic rings. The van der Waals surface area contributed by atoms with Crippen molar-refractivity contribution in [3.63, 3.8) is 0 Å². The van der Waals surface area contributed by atoms with Crippen molar-refractivity contribution in [1.29, 1.82) is 0 Å². The number of aromatic amines is 1. The van der Waals surface area contributed by atoms with Gasteiger partial charge in [-0.25, -0.2) is 0 Å². The lowest BCUT2D eigenvalue weighted by molar-refractivity contribution is 0.185. The molecule has 2 nitrogen and oxygen atoms in total. The maximum Gasteiger partial charge on any atom is 0.0515 e. The molecule has 1 atom stereocenters. The summed E-state index contributed by atoms with van der Waals surface area (Å²) in [4.78, 5) is 3.25. The fourth-order valence-electron chi connectivity index (χ4n) is 1.41. The lowest BCUT2D eigenvalue weighted by atomic mass is 10.1. The van der Waals surface area contributed by atoms with Crippen LogP contribution >= 0.6 is 0 Å². The molecule has 0 aliphatic rings. The van der Waals surface area contributed by atoms with Gasteiger partial charge in [-0.3, -0.25) is 0 Å². The smallest absolute Gasteiger partial charge is 0.0515 e. The third kappa shape index (κ3) is 2.38. The number of aliphatic hydroxyl groups is 1. The first-order valence-electron chi connectivity index (χ1n) is 4.42. The normalized spacial score (nSPS) is 13.3. The topological polar surface area (TPSA) is 36.0 Å². The summed E-state index contributed by atoms with van der Waals surface area (Å²) in [5.74, 6) is 0. The molecule has 0 unspecified atom stereocenters. The summed E-state index contributed by atoms with van der Waals surface area (Å²) in [6.45, 7) is 5.96. The van der Waals surface area contributed by atoms with Gasteiger partial charge >= 0.3 is 0 Å². The summed E-state index contributed by atoms with van der Waals surface area (Å²) in [5, 5.41) is 9.10. The Kier molecular flexibility index (Phi) is 2.93. The molecule has 0 aromatic carbocycles. The number of H-pyrrole nitrogens is 1. The number of rotatable bonds is 3. The van der Waals surface area contributed by atoms with Gasteiger partial charge in [0.1, 0.15) is 0 Å². The van der Waals surface area contributed by atoms with Crippen molar-refractivity contribution in [2.45, 2.75) is 39.7 Å². The highest BCUT2D eigenvalue weighted by molar-refractivity contribution is 5.24. The lowest BCUT2D eigenvalue weighted by Gasteiger charge is -2.02. The largest absolute Gasteiger partial charge is 0.393 e. The SMILES string of the molecule is Cc1cc(CC[C@H](C)O)c(C)[nH]1. The minimum absolute atomic E-state index is 0.195. The molecule has 1 heterocycles. The molecular formula is C10H17NO. The van der Waals surface area contributed by atoms with Crippen LogP contribution in [0.4, 0.5) is 0 Å². The van der Waals surface area contributed by atoms with E-state index in [-0.39, 0.29) is 6.10 Å². The van der Waals surface area contributed by atoms with Gasteiger partial charge in [-0.05, 0) is 45.2 Å². The molecule has 0 aliphatic carbocycles. The first-order valence-corrected chi connectivity index (χ1v) is 4.42. The van der Waals surface area contributed by atoms with E-state index in [1.807, 2.05) is 6.92 Å². The van der Waals surface area contributed by atoms with Crippen LogP contribution in [0.15, 0.2) is 6.07 Å². The zero-order chi connectivity index (χ0) is 9.14. The average Bonchev–Trinajstić information content (AvgIpc) is 2.26. The highest BCUT2D eigenvalue weighted by Crippen LogP contribution is 2.12. The van der Waals surface area contributed by atoms with Crippen LogP contribution < -0.4 is 0 Å². The molecule has 0 fully saturated rings. The van der Waals surface area contributed by atoms with Crippen LogP contribution in [-0.2, 0) is 6.42 Å². The van der Waals surface area contributed by atoms with Gasteiger partial charge in [0.15, 0.2) is 0 Å². The molecule has 2 N–H and O–H groups in total. The number of aryl methyl sites for hydroxylation is 3. The summed E-state index contributed by atoms with van der Waals surface area (Å²) in [6, 6.07) is 2.15. The molecule has 12 heavy (non-hydrogen) atoms. The van der Waals surface area contributed by atoms with E-state index in [9.17, 15) is 0 Å². The summed E-state index contributed by atoms with van der Waals surface area (Å²) < 4.78 is 0. The van der Waals surface area contributed by atoms with Gasteiger partial charge in [0, 0.05) is 11.4 Å². The van der Waals surface area contributed by atoms with Crippen LogP contribution in [0.3, 0.4) is 0 Å². The zero-order valence-electron chi connectivity index (χ0n) is 8.02. The summed E-state index contributed by atoms with van der Waals surface area (Å²) in [7, 11) is 0. The Balaban J connectivity index is 2.57. The predicted octanol–water partition coefficient (Wildman–Crippen LogP) is 1.94. The van der Waals surface area contributed by atoms with Crippen molar-refractivity contribution in [2.24, 2.45) is 0 Å². The van der Waals surface area contributed by atoms with Gasteiger partial charge in [-0.2, -0.15) is 0 Å². The zero-order valence-corrected chi connectivity index (χ0v) is 8.02. The second-order valence-corrected chi connectivity index (χ2v) is 3.49. The van der Waals surface area contributed by atoms with Crippen LogP contribution in [0.5, 0.6) is 0 Å². The summed E-state index contributed by atoms with van der Waals surface area (Å²) in [5.41, 5.74) is 3.76. The molecule has 0 aliphatic heterocycles. The van der Waals surface area contributed by atoms with Gasteiger partial charge in [-0.15, -0.1) is 0 Å². The number of aromatic nitrogens is 1. The number of nitrogens with one attached hydrogen (secondary N) is 1. The van der Waals surface area contributed by atoms with Gasteiger partial charge in [0.25, 0.3) is 0 Å². The van der Waals surface area contributed by atoms with E-state index in [2.05, 4.69) is 24.9 Å². The van der Waals surface area contributed by atoms with Gasteiger partial charge in [0.05, 0.1) is 6.10 Å². The average molecular weight is 167 g/mol. The van der Waals surface area contributed by atoms with Crippen molar-refractivity contribution in [3.05, 3.63) is 23.0 Å². The Bertz CT molecular complexity index is 250. The van der Waals surface area contributed by atoms with E-state index in [4.69, 9.17) is 5.11 Å². The number of aliphatic hydroxyl groups excluding tert-OH is 1. The van der Waals surface area contributed by atoms with Crippen molar-refractivity contribution < 1.29 is 5.11 Å². The molecule has 0 saturated heterocycles. The molecule has 2 heteroatoms. The van der Waals surface area contributed by atoms with E-state index >= 15 is 0 Å². The molecule has 0 spiro atoms. The van der Waals surface area contributed by atoms with E-state index in [0.717, 1.165) is 12.8 Å². The van der Waals surface area contributed by atoms with E-state index in [0.29, 0.717) is 0 Å². The lowest BCUT2D eigenvalue weighted by Crippen LogP contribution is -2.01. The van der Waals surface area contributed by atoms with Crippen LogP contribution in [0.25, 0.3) is 0 Å². The van der Waals surface area contributed by atoms with E-state index < -0.39 is 0 Å². The molecule has 0 radical (unpaired) electrons.